The maximum Gasteiger partial charge on any atom is 0.411 e. The summed E-state index contributed by atoms with van der Waals surface area (Å²) in [4.78, 5) is 22.5. The standard InChI is InChI=1S/C32H32N8O4/c41-31(42)16-18-44-32(43)36-27-14-12-24(13-15-27)26-20-29(37-34-21-26)28(19-23-7-2-1-3-8-23)33-17-6-10-25-9-4-5-11-30(25)40-22-35-38-39-40/h1-5,7-9,11-15,20-22,28,33H,6,10,16-19H2,(H,36,43)(H,41,42)/t28-/m0/s1. The average Bonchev–Trinajstić information content (AvgIpc) is 3.59. The molecule has 5 rings (SSSR count). The van der Waals surface area contributed by atoms with Crippen molar-refractivity contribution in [3.63, 3.8) is 0 Å². The molecule has 3 aromatic carbocycles. The van der Waals surface area contributed by atoms with Gasteiger partial charge in [0.1, 0.15) is 12.9 Å². The molecule has 0 unspecified atom stereocenters. The second-order valence-corrected chi connectivity index (χ2v) is 10.0. The summed E-state index contributed by atoms with van der Waals surface area (Å²) >= 11 is 0. The molecule has 0 spiro atoms. The minimum absolute atomic E-state index is 0.0684. The first-order valence-corrected chi connectivity index (χ1v) is 14.2. The molecule has 224 valence electrons. The van der Waals surface area contributed by atoms with E-state index in [2.05, 4.69) is 54.6 Å². The number of anilines is 1. The third-order valence-corrected chi connectivity index (χ3v) is 6.93. The quantitative estimate of drug-likeness (QED) is 0.155. The minimum Gasteiger partial charge on any atom is -0.481 e. The number of para-hydroxylation sites is 1. The smallest absolute Gasteiger partial charge is 0.411 e. The van der Waals surface area contributed by atoms with Gasteiger partial charge in [0.15, 0.2) is 0 Å². The lowest BCUT2D eigenvalue weighted by Gasteiger charge is -2.19. The Hall–Kier alpha value is -5.49. The molecule has 0 saturated carbocycles. The summed E-state index contributed by atoms with van der Waals surface area (Å²) < 4.78 is 6.56. The molecule has 3 N–H and O–H groups in total. The summed E-state index contributed by atoms with van der Waals surface area (Å²) in [6, 6.07) is 27.6. The van der Waals surface area contributed by atoms with Crippen molar-refractivity contribution in [3.05, 3.63) is 114 Å². The number of ether oxygens (including phenoxy) is 1. The zero-order valence-electron chi connectivity index (χ0n) is 23.9. The Bertz CT molecular complexity index is 1650. The zero-order valence-corrected chi connectivity index (χ0v) is 23.9. The number of aryl methyl sites for hydroxylation is 1. The van der Waals surface area contributed by atoms with Crippen molar-refractivity contribution in [1.29, 1.82) is 0 Å². The van der Waals surface area contributed by atoms with Gasteiger partial charge in [0.25, 0.3) is 0 Å². The molecular formula is C32H32N8O4. The maximum absolute atomic E-state index is 11.9. The number of aliphatic carboxylic acids is 1. The van der Waals surface area contributed by atoms with Crippen LogP contribution in [-0.2, 0) is 22.4 Å². The molecule has 0 radical (unpaired) electrons. The molecule has 12 nitrogen and oxygen atoms in total. The van der Waals surface area contributed by atoms with Gasteiger partial charge in [0.2, 0.25) is 0 Å². The number of carbonyl (C=O) groups is 2. The lowest BCUT2D eigenvalue weighted by atomic mass is 10.00. The monoisotopic (exact) mass is 592 g/mol. The van der Waals surface area contributed by atoms with Gasteiger partial charge in [-0.05, 0) is 77.2 Å². The highest BCUT2D eigenvalue weighted by atomic mass is 16.5. The van der Waals surface area contributed by atoms with Crippen LogP contribution in [0.1, 0.15) is 35.7 Å². The molecule has 0 fully saturated rings. The molecule has 0 aliphatic heterocycles. The Morgan fingerprint density at radius 1 is 0.932 bits per heavy atom. The van der Waals surface area contributed by atoms with Crippen molar-refractivity contribution in [2.24, 2.45) is 0 Å². The largest absolute Gasteiger partial charge is 0.481 e. The number of carboxylic acids is 1. The van der Waals surface area contributed by atoms with Crippen LogP contribution in [0.25, 0.3) is 16.8 Å². The molecule has 5 aromatic rings. The van der Waals surface area contributed by atoms with Crippen molar-refractivity contribution in [2.75, 3.05) is 18.5 Å². The fourth-order valence-electron chi connectivity index (χ4n) is 4.75. The van der Waals surface area contributed by atoms with Crippen molar-refractivity contribution in [3.8, 4) is 16.8 Å². The highest BCUT2D eigenvalue weighted by molar-refractivity contribution is 5.85. The Labute approximate surface area is 254 Å². The second-order valence-electron chi connectivity index (χ2n) is 10.0. The lowest BCUT2D eigenvalue weighted by molar-refractivity contribution is -0.137. The second kappa shape index (κ2) is 15.1. The topological polar surface area (TPSA) is 157 Å². The lowest BCUT2D eigenvalue weighted by Crippen LogP contribution is -2.26. The predicted molar refractivity (Wildman–Crippen MR) is 163 cm³/mol. The van der Waals surface area contributed by atoms with Gasteiger partial charge in [-0.2, -0.15) is 10.2 Å². The van der Waals surface area contributed by atoms with E-state index in [4.69, 9.17) is 9.84 Å². The van der Waals surface area contributed by atoms with Crippen LogP contribution in [0.15, 0.2) is 97.5 Å². The zero-order chi connectivity index (χ0) is 30.6. The van der Waals surface area contributed by atoms with E-state index in [1.165, 1.54) is 5.56 Å². The van der Waals surface area contributed by atoms with Gasteiger partial charge in [-0.25, -0.2) is 9.48 Å². The first-order chi connectivity index (χ1) is 21.5. The van der Waals surface area contributed by atoms with E-state index in [9.17, 15) is 9.59 Å². The van der Waals surface area contributed by atoms with Crippen molar-refractivity contribution < 1.29 is 19.4 Å². The molecular weight excluding hydrogens is 560 g/mol. The van der Waals surface area contributed by atoms with Crippen molar-refractivity contribution in [1.82, 2.24) is 35.7 Å². The molecule has 1 amide bonds. The SMILES string of the molecule is O=C(O)CCOC(=O)Nc1ccc(-c2cnnc([C@H](Cc3ccccc3)NCCCc3ccccc3-n3cnnn3)c2)cc1. The van der Waals surface area contributed by atoms with Crippen LogP contribution >= 0.6 is 0 Å². The van der Waals surface area contributed by atoms with Crippen LogP contribution in [0.2, 0.25) is 0 Å². The van der Waals surface area contributed by atoms with Gasteiger partial charge in [-0.15, -0.1) is 5.10 Å². The van der Waals surface area contributed by atoms with Gasteiger partial charge in [0.05, 0.1) is 30.0 Å². The number of rotatable bonds is 14. The van der Waals surface area contributed by atoms with Gasteiger partial charge in [-0.1, -0.05) is 60.7 Å². The van der Waals surface area contributed by atoms with Crippen LogP contribution in [0.5, 0.6) is 0 Å². The van der Waals surface area contributed by atoms with E-state index in [-0.39, 0.29) is 19.1 Å². The normalized spacial score (nSPS) is 11.5. The van der Waals surface area contributed by atoms with E-state index in [1.807, 2.05) is 54.6 Å². The number of carbonyl (C=O) groups excluding carboxylic acids is 1. The summed E-state index contributed by atoms with van der Waals surface area (Å²) in [6.07, 6.45) is 4.84. The number of tetrazole rings is 1. The predicted octanol–water partition coefficient (Wildman–Crippen LogP) is 4.65. The number of aromatic nitrogens is 6. The highest BCUT2D eigenvalue weighted by Gasteiger charge is 2.16. The number of nitrogens with zero attached hydrogens (tertiary/aromatic N) is 6. The summed E-state index contributed by atoms with van der Waals surface area (Å²) in [7, 11) is 0. The van der Waals surface area contributed by atoms with E-state index < -0.39 is 12.1 Å². The van der Waals surface area contributed by atoms with E-state index in [0.29, 0.717) is 5.69 Å². The van der Waals surface area contributed by atoms with Gasteiger partial charge in [-0.3, -0.25) is 10.1 Å². The summed E-state index contributed by atoms with van der Waals surface area (Å²) in [5.74, 6) is -1.03. The highest BCUT2D eigenvalue weighted by Crippen LogP contribution is 2.25. The molecule has 44 heavy (non-hydrogen) atoms. The molecule has 0 bridgehead atoms. The van der Waals surface area contributed by atoms with Gasteiger partial charge in [0, 0.05) is 11.3 Å². The van der Waals surface area contributed by atoms with Crippen LogP contribution in [0.4, 0.5) is 10.5 Å². The molecule has 0 aliphatic carbocycles. The van der Waals surface area contributed by atoms with E-state index in [1.54, 1.807) is 29.3 Å². The fraction of sp³-hybridized carbons (Fsp3) is 0.219. The number of nitrogens with one attached hydrogen (secondary N) is 2. The van der Waals surface area contributed by atoms with Gasteiger partial charge < -0.3 is 15.2 Å². The van der Waals surface area contributed by atoms with Crippen molar-refractivity contribution in [2.45, 2.75) is 31.7 Å². The average molecular weight is 593 g/mol. The van der Waals surface area contributed by atoms with Crippen LogP contribution in [0, 0.1) is 0 Å². The number of amides is 1. The Morgan fingerprint density at radius 3 is 2.50 bits per heavy atom. The van der Waals surface area contributed by atoms with E-state index >= 15 is 0 Å². The minimum atomic E-state index is -1.03. The van der Waals surface area contributed by atoms with E-state index in [0.717, 1.165) is 53.9 Å². The van der Waals surface area contributed by atoms with Gasteiger partial charge >= 0.3 is 12.1 Å². The number of benzene rings is 3. The van der Waals surface area contributed by atoms with Crippen LogP contribution in [-0.4, -0.2) is 60.7 Å². The maximum atomic E-state index is 11.9. The first-order valence-electron chi connectivity index (χ1n) is 14.2. The third kappa shape index (κ3) is 8.52. The Balaban J connectivity index is 1.25. The first kappa shape index (κ1) is 30.0. The Morgan fingerprint density at radius 2 is 1.73 bits per heavy atom. The number of carboxylic acid groups (broad SMARTS) is 1. The van der Waals surface area contributed by atoms with Crippen LogP contribution in [0.3, 0.4) is 0 Å². The molecule has 12 heteroatoms. The Kier molecular flexibility index (Phi) is 10.3. The van der Waals surface area contributed by atoms with Crippen molar-refractivity contribution >= 4 is 17.7 Å². The number of hydrogen-bond acceptors (Lipinski definition) is 9. The summed E-state index contributed by atoms with van der Waals surface area (Å²) in [6.45, 7) is 0.563. The summed E-state index contributed by atoms with van der Waals surface area (Å²) in [5, 5.41) is 35.3. The molecule has 0 aliphatic rings. The molecule has 2 heterocycles. The van der Waals surface area contributed by atoms with Crippen LogP contribution < -0.4 is 10.6 Å². The molecule has 0 saturated heterocycles. The molecule has 2 aromatic heterocycles. The number of hydrogen-bond donors (Lipinski definition) is 3. The third-order valence-electron chi connectivity index (χ3n) is 6.93. The molecule has 1 atom stereocenters. The fourth-order valence-corrected chi connectivity index (χ4v) is 4.75. The summed E-state index contributed by atoms with van der Waals surface area (Å²) in [5.41, 5.74) is 6.46.